The van der Waals surface area contributed by atoms with Gasteiger partial charge in [-0.2, -0.15) is 0 Å². The standard InChI is InChI=1S/C20H28N2O2/c1-15(11-12-16-7-3-2-4-8-16)21-20(24)17-13-19(23)22(14-17)18-9-5-6-10-18/h2-4,7-8,15,17-18H,5-6,9-14H2,1H3,(H,21,24)/t15-,17+/m1/s1. The SMILES string of the molecule is C[C@H](CCc1ccccc1)NC(=O)[C@H]1CC(=O)N(C2CCCC2)C1. The van der Waals surface area contributed by atoms with E-state index in [0.29, 0.717) is 19.0 Å². The Morgan fingerprint density at radius 1 is 1.25 bits per heavy atom. The van der Waals surface area contributed by atoms with Gasteiger partial charge in [-0.1, -0.05) is 43.2 Å². The second-order valence-electron chi connectivity index (χ2n) is 7.32. The highest BCUT2D eigenvalue weighted by molar-refractivity contribution is 5.89. The first-order chi connectivity index (χ1) is 11.6. The normalized spacial score (nSPS) is 22.8. The Morgan fingerprint density at radius 3 is 2.67 bits per heavy atom. The van der Waals surface area contributed by atoms with E-state index in [1.165, 1.54) is 18.4 Å². The van der Waals surface area contributed by atoms with E-state index in [-0.39, 0.29) is 23.8 Å². The van der Waals surface area contributed by atoms with Crippen molar-refractivity contribution in [3.8, 4) is 0 Å². The molecule has 1 aliphatic carbocycles. The molecule has 2 aliphatic rings. The van der Waals surface area contributed by atoms with Gasteiger partial charge in [0.05, 0.1) is 5.92 Å². The molecule has 1 aromatic rings. The summed E-state index contributed by atoms with van der Waals surface area (Å²) in [6.45, 7) is 2.66. The zero-order chi connectivity index (χ0) is 16.9. The summed E-state index contributed by atoms with van der Waals surface area (Å²) in [4.78, 5) is 26.7. The third-order valence-electron chi connectivity index (χ3n) is 5.39. The van der Waals surface area contributed by atoms with Crippen molar-refractivity contribution in [3.63, 3.8) is 0 Å². The molecule has 1 N–H and O–H groups in total. The van der Waals surface area contributed by atoms with Gasteiger partial charge in [0.25, 0.3) is 0 Å². The fraction of sp³-hybridized carbons (Fsp3) is 0.600. The zero-order valence-electron chi connectivity index (χ0n) is 14.5. The summed E-state index contributed by atoms with van der Waals surface area (Å²) in [5.74, 6) is 0.0423. The van der Waals surface area contributed by atoms with Crippen molar-refractivity contribution in [1.29, 1.82) is 0 Å². The number of hydrogen-bond donors (Lipinski definition) is 1. The van der Waals surface area contributed by atoms with Crippen LogP contribution in [0.2, 0.25) is 0 Å². The number of benzene rings is 1. The summed E-state index contributed by atoms with van der Waals surface area (Å²) in [7, 11) is 0. The van der Waals surface area contributed by atoms with E-state index in [9.17, 15) is 9.59 Å². The molecule has 24 heavy (non-hydrogen) atoms. The van der Waals surface area contributed by atoms with Gasteiger partial charge in [0, 0.05) is 25.0 Å². The van der Waals surface area contributed by atoms with E-state index in [2.05, 4.69) is 17.4 Å². The van der Waals surface area contributed by atoms with Crippen LogP contribution >= 0.6 is 0 Å². The van der Waals surface area contributed by atoms with Gasteiger partial charge in [-0.3, -0.25) is 9.59 Å². The van der Waals surface area contributed by atoms with Gasteiger partial charge in [-0.25, -0.2) is 0 Å². The molecule has 3 rings (SSSR count). The number of aryl methyl sites for hydroxylation is 1. The maximum atomic E-state index is 12.5. The highest BCUT2D eigenvalue weighted by Gasteiger charge is 2.38. The fourth-order valence-corrected chi connectivity index (χ4v) is 3.94. The van der Waals surface area contributed by atoms with Crippen LogP contribution in [0.1, 0.15) is 51.0 Å². The predicted octanol–water partition coefficient (Wildman–Crippen LogP) is 2.92. The van der Waals surface area contributed by atoms with Gasteiger partial charge in [0.1, 0.15) is 0 Å². The van der Waals surface area contributed by atoms with Gasteiger partial charge in [-0.15, -0.1) is 0 Å². The predicted molar refractivity (Wildman–Crippen MR) is 94.4 cm³/mol. The van der Waals surface area contributed by atoms with Crippen LogP contribution in [0, 0.1) is 5.92 Å². The Bertz CT molecular complexity index is 566. The third-order valence-corrected chi connectivity index (χ3v) is 5.39. The first-order valence-corrected chi connectivity index (χ1v) is 9.27. The summed E-state index contributed by atoms with van der Waals surface area (Å²) in [6.07, 6.45) is 6.89. The molecule has 1 saturated carbocycles. The monoisotopic (exact) mass is 328 g/mol. The van der Waals surface area contributed by atoms with Crippen molar-refractivity contribution in [2.24, 2.45) is 5.92 Å². The molecule has 0 bridgehead atoms. The van der Waals surface area contributed by atoms with Crippen molar-refractivity contribution in [2.75, 3.05) is 6.54 Å². The van der Waals surface area contributed by atoms with Crippen LogP contribution in [0.15, 0.2) is 30.3 Å². The molecule has 1 aromatic carbocycles. The van der Waals surface area contributed by atoms with E-state index >= 15 is 0 Å². The van der Waals surface area contributed by atoms with E-state index in [0.717, 1.165) is 25.7 Å². The Kier molecular flexibility index (Phi) is 5.54. The number of carbonyl (C=O) groups excluding carboxylic acids is 2. The second-order valence-corrected chi connectivity index (χ2v) is 7.32. The summed E-state index contributed by atoms with van der Waals surface area (Å²) < 4.78 is 0. The van der Waals surface area contributed by atoms with E-state index in [1.807, 2.05) is 30.0 Å². The molecule has 1 saturated heterocycles. The smallest absolute Gasteiger partial charge is 0.225 e. The van der Waals surface area contributed by atoms with E-state index in [1.54, 1.807) is 0 Å². The van der Waals surface area contributed by atoms with Gasteiger partial charge >= 0.3 is 0 Å². The Hall–Kier alpha value is -1.84. The lowest BCUT2D eigenvalue weighted by Gasteiger charge is -2.24. The molecule has 0 radical (unpaired) electrons. The van der Waals surface area contributed by atoms with Gasteiger partial charge in [-0.05, 0) is 38.2 Å². The Balaban J connectivity index is 1.45. The molecule has 2 amide bonds. The molecule has 4 nitrogen and oxygen atoms in total. The third kappa shape index (κ3) is 4.16. The topological polar surface area (TPSA) is 49.4 Å². The maximum Gasteiger partial charge on any atom is 0.225 e. The molecule has 0 unspecified atom stereocenters. The lowest BCUT2D eigenvalue weighted by atomic mass is 10.0. The number of likely N-dealkylation sites (tertiary alicyclic amines) is 1. The summed E-state index contributed by atoms with van der Waals surface area (Å²) in [5, 5.41) is 3.11. The van der Waals surface area contributed by atoms with Crippen LogP contribution < -0.4 is 5.32 Å². The van der Waals surface area contributed by atoms with Crippen LogP contribution in [0.3, 0.4) is 0 Å². The Labute approximate surface area is 144 Å². The molecule has 2 fully saturated rings. The average Bonchev–Trinajstić information content (AvgIpc) is 3.23. The fourth-order valence-electron chi connectivity index (χ4n) is 3.94. The van der Waals surface area contributed by atoms with Crippen molar-refractivity contribution < 1.29 is 9.59 Å². The number of amides is 2. The van der Waals surface area contributed by atoms with Gasteiger partial charge < -0.3 is 10.2 Å². The lowest BCUT2D eigenvalue weighted by Crippen LogP contribution is -2.40. The lowest BCUT2D eigenvalue weighted by molar-refractivity contribution is -0.130. The highest BCUT2D eigenvalue weighted by Crippen LogP contribution is 2.29. The molecule has 1 heterocycles. The second kappa shape index (κ2) is 7.82. The van der Waals surface area contributed by atoms with Crippen molar-refractivity contribution in [1.82, 2.24) is 10.2 Å². The number of rotatable bonds is 6. The largest absolute Gasteiger partial charge is 0.353 e. The zero-order valence-corrected chi connectivity index (χ0v) is 14.5. The number of nitrogens with zero attached hydrogens (tertiary/aromatic N) is 1. The minimum atomic E-state index is -0.169. The molecular weight excluding hydrogens is 300 g/mol. The van der Waals surface area contributed by atoms with Crippen molar-refractivity contribution in [2.45, 2.75) is 64.0 Å². The van der Waals surface area contributed by atoms with Crippen LogP contribution in [0.4, 0.5) is 0 Å². The van der Waals surface area contributed by atoms with E-state index in [4.69, 9.17) is 0 Å². The Morgan fingerprint density at radius 2 is 1.96 bits per heavy atom. The minimum absolute atomic E-state index is 0.0457. The van der Waals surface area contributed by atoms with Crippen molar-refractivity contribution in [3.05, 3.63) is 35.9 Å². The molecule has 4 heteroatoms. The number of carbonyl (C=O) groups is 2. The summed E-state index contributed by atoms with van der Waals surface area (Å²) in [6, 6.07) is 10.8. The number of nitrogens with one attached hydrogen (secondary N) is 1. The van der Waals surface area contributed by atoms with E-state index < -0.39 is 0 Å². The number of hydrogen-bond acceptors (Lipinski definition) is 2. The van der Waals surface area contributed by atoms with Crippen LogP contribution in [0.25, 0.3) is 0 Å². The van der Waals surface area contributed by atoms with Crippen LogP contribution in [0.5, 0.6) is 0 Å². The maximum absolute atomic E-state index is 12.5. The molecule has 0 spiro atoms. The molecule has 2 atom stereocenters. The van der Waals surface area contributed by atoms with Crippen molar-refractivity contribution >= 4 is 11.8 Å². The van der Waals surface area contributed by atoms with Crippen LogP contribution in [-0.2, 0) is 16.0 Å². The summed E-state index contributed by atoms with van der Waals surface area (Å²) in [5.41, 5.74) is 1.29. The van der Waals surface area contributed by atoms with Gasteiger partial charge in [0.15, 0.2) is 0 Å². The minimum Gasteiger partial charge on any atom is -0.353 e. The first-order valence-electron chi connectivity index (χ1n) is 9.27. The quantitative estimate of drug-likeness (QED) is 0.873. The molecule has 0 aromatic heterocycles. The van der Waals surface area contributed by atoms with Gasteiger partial charge in [0.2, 0.25) is 11.8 Å². The molecular formula is C20H28N2O2. The van der Waals surface area contributed by atoms with Crippen LogP contribution in [-0.4, -0.2) is 35.3 Å². The first kappa shape index (κ1) is 17.0. The average molecular weight is 328 g/mol. The highest BCUT2D eigenvalue weighted by atomic mass is 16.2. The summed E-state index contributed by atoms with van der Waals surface area (Å²) >= 11 is 0. The molecule has 1 aliphatic heterocycles. The molecule has 130 valence electrons.